The molecule has 15 heavy (non-hydrogen) atoms. The zero-order chi connectivity index (χ0) is 10.8. The van der Waals surface area contributed by atoms with Crippen molar-refractivity contribution >= 4 is 5.91 Å². The predicted octanol–water partition coefficient (Wildman–Crippen LogP) is 0.205. The molecule has 0 saturated carbocycles. The summed E-state index contributed by atoms with van der Waals surface area (Å²) in [7, 11) is 0. The van der Waals surface area contributed by atoms with Crippen molar-refractivity contribution in [1.82, 2.24) is 5.43 Å². The van der Waals surface area contributed by atoms with Crippen LogP contribution < -0.4 is 20.7 Å². The second-order valence-corrected chi connectivity index (χ2v) is 3.32. The molecule has 1 amide bonds. The van der Waals surface area contributed by atoms with Crippen LogP contribution in [0.15, 0.2) is 24.3 Å². The topological polar surface area (TPSA) is 73.6 Å². The molecule has 80 valence electrons. The Bertz CT molecular complexity index is 381. The number of hydrogen-bond acceptors (Lipinski definition) is 4. The molecule has 5 nitrogen and oxygen atoms in total. The fourth-order valence-electron chi connectivity index (χ4n) is 1.49. The van der Waals surface area contributed by atoms with Gasteiger partial charge < -0.3 is 9.47 Å². The lowest BCUT2D eigenvalue weighted by molar-refractivity contribution is -0.133. The van der Waals surface area contributed by atoms with Gasteiger partial charge in [0.15, 0.2) is 11.5 Å². The molecule has 0 fully saturated rings. The van der Waals surface area contributed by atoms with E-state index in [2.05, 4.69) is 5.43 Å². The first kappa shape index (κ1) is 9.79. The number of benzene rings is 1. The van der Waals surface area contributed by atoms with E-state index in [1.54, 1.807) is 19.1 Å². The lowest BCUT2D eigenvalue weighted by Crippen LogP contribution is -2.50. The largest absolute Gasteiger partial charge is 0.482 e. The lowest BCUT2D eigenvalue weighted by Gasteiger charge is -2.30. The van der Waals surface area contributed by atoms with Crippen molar-refractivity contribution in [1.29, 1.82) is 0 Å². The van der Waals surface area contributed by atoms with Crippen molar-refractivity contribution in [3.63, 3.8) is 0 Å². The van der Waals surface area contributed by atoms with E-state index in [1.807, 2.05) is 12.1 Å². The normalized spacial score (nSPS) is 23.3. The van der Waals surface area contributed by atoms with E-state index in [4.69, 9.17) is 15.3 Å². The smallest absolute Gasteiger partial charge is 0.278 e. The SMILES string of the molecule is C[C@H]1Oc2ccccc2O[C@H]1C(=O)NN. The number of amides is 1. The molecule has 3 N–H and O–H groups in total. The standard InChI is InChI=1S/C10H12N2O3/c1-6-9(10(13)12-11)15-8-5-3-2-4-7(8)14-6/h2-6,9H,11H2,1H3,(H,12,13)/t6-,9-/m1/s1. The molecule has 1 aromatic rings. The van der Waals surface area contributed by atoms with Crippen molar-refractivity contribution in [2.75, 3.05) is 0 Å². The highest BCUT2D eigenvalue weighted by Crippen LogP contribution is 2.33. The first-order valence-electron chi connectivity index (χ1n) is 4.65. The van der Waals surface area contributed by atoms with E-state index in [0.29, 0.717) is 11.5 Å². The zero-order valence-corrected chi connectivity index (χ0v) is 8.27. The van der Waals surface area contributed by atoms with E-state index in [1.165, 1.54) is 0 Å². The Morgan fingerprint density at radius 3 is 2.53 bits per heavy atom. The average molecular weight is 208 g/mol. The molecule has 1 aliphatic heterocycles. The highest BCUT2D eigenvalue weighted by atomic mass is 16.6. The maximum atomic E-state index is 11.3. The van der Waals surface area contributed by atoms with Crippen molar-refractivity contribution in [2.24, 2.45) is 5.84 Å². The summed E-state index contributed by atoms with van der Waals surface area (Å²) in [4.78, 5) is 11.3. The molecule has 0 aromatic heterocycles. The Balaban J connectivity index is 2.25. The van der Waals surface area contributed by atoms with Gasteiger partial charge in [0, 0.05) is 0 Å². The van der Waals surface area contributed by atoms with Gasteiger partial charge in [0.1, 0.15) is 6.10 Å². The Morgan fingerprint density at radius 1 is 1.33 bits per heavy atom. The molecule has 1 heterocycles. The minimum absolute atomic E-state index is 0.358. The van der Waals surface area contributed by atoms with Gasteiger partial charge in [-0.3, -0.25) is 10.2 Å². The Morgan fingerprint density at radius 2 is 1.93 bits per heavy atom. The van der Waals surface area contributed by atoms with Crippen LogP contribution in [0.25, 0.3) is 0 Å². The molecule has 0 unspecified atom stereocenters. The molecule has 1 aromatic carbocycles. The quantitative estimate of drug-likeness (QED) is 0.393. The number of ether oxygens (including phenoxy) is 2. The van der Waals surface area contributed by atoms with Crippen LogP contribution >= 0.6 is 0 Å². The fraction of sp³-hybridized carbons (Fsp3) is 0.300. The molecule has 0 saturated heterocycles. The fourth-order valence-corrected chi connectivity index (χ4v) is 1.49. The van der Waals surface area contributed by atoms with Gasteiger partial charge in [-0.2, -0.15) is 0 Å². The summed E-state index contributed by atoms with van der Waals surface area (Å²) in [6.45, 7) is 1.76. The first-order valence-corrected chi connectivity index (χ1v) is 4.65. The molecule has 5 heteroatoms. The van der Waals surface area contributed by atoms with Crippen LogP contribution in [0, 0.1) is 0 Å². The van der Waals surface area contributed by atoms with Crippen LogP contribution in [0.5, 0.6) is 11.5 Å². The van der Waals surface area contributed by atoms with Gasteiger partial charge in [-0.05, 0) is 19.1 Å². The van der Waals surface area contributed by atoms with Crippen molar-refractivity contribution < 1.29 is 14.3 Å². The van der Waals surface area contributed by atoms with Gasteiger partial charge in [0.2, 0.25) is 6.10 Å². The van der Waals surface area contributed by atoms with Crippen molar-refractivity contribution in [2.45, 2.75) is 19.1 Å². The number of fused-ring (bicyclic) bond motifs is 1. The minimum Gasteiger partial charge on any atom is -0.482 e. The monoisotopic (exact) mass is 208 g/mol. The minimum atomic E-state index is -0.704. The highest BCUT2D eigenvalue weighted by Gasteiger charge is 2.33. The third-order valence-electron chi connectivity index (χ3n) is 2.24. The summed E-state index contributed by atoms with van der Waals surface area (Å²) < 4.78 is 11.0. The molecule has 0 aliphatic carbocycles. The zero-order valence-electron chi connectivity index (χ0n) is 8.27. The van der Waals surface area contributed by atoms with Gasteiger partial charge in [0.05, 0.1) is 0 Å². The van der Waals surface area contributed by atoms with E-state index in [9.17, 15) is 4.79 Å². The highest BCUT2D eigenvalue weighted by molar-refractivity contribution is 5.81. The molecule has 0 spiro atoms. The summed E-state index contributed by atoms with van der Waals surface area (Å²) in [5, 5.41) is 0. The molecule has 2 rings (SSSR count). The molecule has 0 bridgehead atoms. The number of rotatable bonds is 1. The van der Waals surface area contributed by atoms with Gasteiger partial charge in [-0.15, -0.1) is 0 Å². The van der Waals surface area contributed by atoms with Gasteiger partial charge >= 0.3 is 0 Å². The molecular formula is C10H12N2O3. The number of hydrogen-bond donors (Lipinski definition) is 2. The van der Waals surface area contributed by atoms with Crippen LogP contribution in [0.2, 0.25) is 0 Å². The van der Waals surface area contributed by atoms with E-state index < -0.39 is 12.0 Å². The summed E-state index contributed by atoms with van der Waals surface area (Å²) >= 11 is 0. The first-order chi connectivity index (χ1) is 7.22. The second-order valence-electron chi connectivity index (χ2n) is 3.32. The van der Waals surface area contributed by atoms with E-state index in [-0.39, 0.29) is 6.10 Å². The average Bonchev–Trinajstić information content (AvgIpc) is 2.27. The number of carbonyl (C=O) groups excluding carboxylic acids is 1. The number of hydrazine groups is 1. The van der Waals surface area contributed by atoms with Gasteiger partial charge in [-0.25, -0.2) is 5.84 Å². The van der Waals surface area contributed by atoms with Crippen LogP contribution in [0.1, 0.15) is 6.92 Å². The van der Waals surface area contributed by atoms with Crippen LogP contribution in [0.4, 0.5) is 0 Å². The Kier molecular flexibility index (Phi) is 2.47. The maximum Gasteiger partial charge on any atom is 0.278 e. The summed E-state index contributed by atoms with van der Waals surface area (Å²) in [6.07, 6.45) is -1.06. The maximum absolute atomic E-state index is 11.3. The van der Waals surface area contributed by atoms with Crippen molar-refractivity contribution in [3.05, 3.63) is 24.3 Å². The third kappa shape index (κ3) is 1.73. The molecular weight excluding hydrogens is 196 g/mol. The van der Waals surface area contributed by atoms with Crippen LogP contribution in [-0.2, 0) is 4.79 Å². The number of nitrogens with two attached hydrogens (primary N) is 1. The predicted molar refractivity (Wildman–Crippen MR) is 53.3 cm³/mol. The van der Waals surface area contributed by atoms with Crippen LogP contribution in [-0.4, -0.2) is 18.1 Å². The summed E-state index contributed by atoms with van der Waals surface area (Å²) in [5.74, 6) is 5.86. The molecule has 0 radical (unpaired) electrons. The van der Waals surface area contributed by atoms with E-state index >= 15 is 0 Å². The lowest BCUT2D eigenvalue weighted by atomic mass is 10.1. The van der Waals surface area contributed by atoms with Crippen molar-refractivity contribution in [3.8, 4) is 11.5 Å². The number of carbonyl (C=O) groups is 1. The number of nitrogens with one attached hydrogen (secondary N) is 1. The van der Waals surface area contributed by atoms with Crippen LogP contribution in [0.3, 0.4) is 0 Å². The number of para-hydroxylation sites is 2. The molecule has 1 aliphatic rings. The second kappa shape index (κ2) is 3.78. The summed E-state index contributed by atoms with van der Waals surface area (Å²) in [6, 6.07) is 7.20. The van der Waals surface area contributed by atoms with Gasteiger partial charge in [-0.1, -0.05) is 12.1 Å². The Labute approximate surface area is 87.1 Å². The molecule has 2 atom stereocenters. The summed E-state index contributed by atoms with van der Waals surface area (Å²) in [5.41, 5.74) is 2.05. The van der Waals surface area contributed by atoms with E-state index in [0.717, 1.165) is 0 Å². The Hall–Kier alpha value is -1.75. The third-order valence-corrected chi connectivity index (χ3v) is 2.24. The van der Waals surface area contributed by atoms with Gasteiger partial charge in [0.25, 0.3) is 5.91 Å².